The van der Waals surface area contributed by atoms with Gasteiger partial charge in [0.2, 0.25) is 0 Å². The van der Waals surface area contributed by atoms with Gasteiger partial charge in [-0.25, -0.2) is 0 Å². The van der Waals surface area contributed by atoms with Crippen LogP contribution in [-0.4, -0.2) is 0 Å². The van der Waals surface area contributed by atoms with Crippen LogP contribution < -0.4 is 0 Å². The molecule has 0 unspecified atom stereocenters. The summed E-state index contributed by atoms with van der Waals surface area (Å²) in [7, 11) is 0. The van der Waals surface area contributed by atoms with Gasteiger partial charge in [0.15, 0.2) is 0 Å². The molecule has 0 bridgehead atoms. The van der Waals surface area contributed by atoms with Crippen LogP contribution >= 0.6 is 0 Å². The Bertz CT molecular complexity index is 797. The Hall–Kier alpha value is -2.86. The summed E-state index contributed by atoms with van der Waals surface area (Å²) in [5.41, 5.74) is 8.01. The molecule has 4 rings (SSSR count). The molecule has 2 aliphatic carbocycles. The Morgan fingerprint density at radius 3 is 1.33 bits per heavy atom. The molecule has 2 aromatic rings. The molecule has 0 atom stereocenters. The van der Waals surface area contributed by atoms with Crippen molar-refractivity contribution in [3.8, 4) is 0 Å². The summed E-state index contributed by atoms with van der Waals surface area (Å²) in [6.45, 7) is 0. The number of rotatable bonds is 2. The summed E-state index contributed by atoms with van der Waals surface area (Å²) in [6, 6.07) is 21.2. The maximum atomic E-state index is 2.35. The summed E-state index contributed by atoms with van der Waals surface area (Å²) in [6.07, 6.45) is 15.7. The van der Waals surface area contributed by atoms with E-state index in [0.717, 1.165) is 12.8 Å². The van der Waals surface area contributed by atoms with Crippen LogP contribution in [-0.2, 0) is 0 Å². The van der Waals surface area contributed by atoms with E-state index in [9.17, 15) is 0 Å². The lowest BCUT2D eigenvalue weighted by molar-refractivity contribution is 1.15. The van der Waals surface area contributed by atoms with Crippen molar-refractivity contribution in [1.82, 2.24) is 0 Å². The van der Waals surface area contributed by atoms with E-state index in [1.165, 1.54) is 33.4 Å². The Kier molecular flexibility index (Phi) is 4.12. The maximum absolute atomic E-state index is 2.35. The molecule has 0 fully saturated rings. The van der Waals surface area contributed by atoms with Crippen LogP contribution in [0.15, 0.2) is 108 Å². The van der Waals surface area contributed by atoms with E-state index in [2.05, 4.69) is 97.1 Å². The molecule has 0 aromatic heterocycles. The number of allylic oxidation sites excluding steroid dienone is 10. The molecule has 0 nitrogen and oxygen atoms in total. The molecule has 0 heterocycles. The van der Waals surface area contributed by atoms with Crippen molar-refractivity contribution in [2.24, 2.45) is 0 Å². The summed E-state index contributed by atoms with van der Waals surface area (Å²) >= 11 is 0. The van der Waals surface area contributed by atoms with Crippen LogP contribution in [0.4, 0.5) is 0 Å². The Balaban J connectivity index is 1.71. The molecule has 116 valence electrons. The molecule has 2 aromatic carbocycles. The summed E-state index contributed by atoms with van der Waals surface area (Å²) in [4.78, 5) is 0. The van der Waals surface area contributed by atoms with Crippen LogP contribution in [0.1, 0.15) is 24.0 Å². The first-order chi connectivity index (χ1) is 11.9. The highest BCUT2D eigenvalue weighted by atomic mass is 14.2. The second-order valence-corrected chi connectivity index (χ2v) is 6.19. The highest BCUT2D eigenvalue weighted by Crippen LogP contribution is 2.31. The van der Waals surface area contributed by atoms with E-state index >= 15 is 0 Å². The third-order valence-electron chi connectivity index (χ3n) is 4.56. The second-order valence-electron chi connectivity index (χ2n) is 6.19. The highest BCUT2D eigenvalue weighted by Gasteiger charge is 2.11. The fourth-order valence-electron chi connectivity index (χ4n) is 3.28. The van der Waals surface area contributed by atoms with Crippen LogP contribution in [0, 0.1) is 0 Å². The first kappa shape index (κ1) is 14.7. The molecule has 0 spiro atoms. The van der Waals surface area contributed by atoms with Crippen molar-refractivity contribution in [2.75, 3.05) is 0 Å². The zero-order valence-electron chi connectivity index (χ0n) is 13.7. The van der Waals surface area contributed by atoms with Crippen molar-refractivity contribution in [3.05, 3.63) is 119 Å². The Morgan fingerprint density at radius 2 is 0.917 bits per heavy atom. The molecular weight excluding hydrogens is 288 g/mol. The van der Waals surface area contributed by atoms with E-state index in [-0.39, 0.29) is 0 Å². The molecule has 0 amide bonds. The number of hydrogen-bond acceptors (Lipinski definition) is 0. The van der Waals surface area contributed by atoms with Gasteiger partial charge in [0.05, 0.1) is 0 Å². The monoisotopic (exact) mass is 308 g/mol. The maximum Gasteiger partial charge on any atom is -0.00910 e. The van der Waals surface area contributed by atoms with Gasteiger partial charge < -0.3 is 0 Å². The molecule has 24 heavy (non-hydrogen) atoms. The largest absolute Gasteiger partial charge is 0.0795 e. The van der Waals surface area contributed by atoms with Crippen molar-refractivity contribution in [1.29, 1.82) is 0 Å². The fraction of sp³-hybridized carbons (Fsp3) is 0.0833. The van der Waals surface area contributed by atoms with E-state index in [0.29, 0.717) is 0 Å². The highest BCUT2D eigenvalue weighted by molar-refractivity contribution is 5.81. The fourth-order valence-corrected chi connectivity index (χ4v) is 3.28. The zero-order valence-corrected chi connectivity index (χ0v) is 13.7. The van der Waals surface area contributed by atoms with Gasteiger partial charge in [-0.2, -0.15) is 0 Å². The molecule has 0 N–H and O–H groups in total. The van der Waals surface area contributed by atoms with Gasteiger partial charge in [-0.15, -0.1) is 0 Å². The van der Waals surface area contributed by atoms with E-state index < -0.39 is 0 Å². The lowest BCUT2D eigenvalue weighted by Crippen LogP contribution is -1.96. The van der Waals surface area contributed by atoms with E-state index in [1.54, 1.807) is 0 Å². The normalized spacial score (nSPS) is 19.8. The Morgan fingerprint density at radius 1 is 0.500 bits per heavy atom. The van der Waals surface area contributed by atoms with Gasteiger partial charge in [0, 0.05) is 0 Å². The molecule has 0 saturated heterocycles. The predicted octanol–water partition coefficient (Wildman–Crippen LogP) is 6.37. The van der Waals surface area contributed by atoms with Crippen molar-refractivity contribution in [2.45, 2.75) is 12.8 Å². The minimum Gasteiger partial charge on any atom is -0.0795 e. The molecular formula is C24H20. The van der Waals surface area contributed by atoms with E-state index in [1.807, 2.05) is 0 Å². The lowest BCUT2D eigenvalue weighted by atomic mass is 9.88. The minimum atomic E-state index is 1.01. The third kappa shape index (κ3) is 3.09. The van der Waals surface area contributed by atoms with E-state index in [4.69, 9.17) is 0 Å². The van der Waals surface area contributed by atoms with Gasteiger partial charge in [-0.05, 0) is 46.3 Å². The lowest BCUT2D eigenvalue weighted by Gasteiger charge is -2.16. The summed E-state index contributed by atoms with van der Waals surface area (Å²) < 4.78 is 0. The summed E-state index contributed by atoms with van der Waals surface area (Å²) in [5, 5.41) is 0. The van der Waals surface area contributed by atoms with Crippen LogP contribution in [0.25, 0.3) is 11.1 Å². The first-order valence-electron chi connectivity index (χ1n) is 8.49. The first-order valence-corrected chi connectivity index (χ1v) is 8.49. The van der Waals surface area contributed by atoms with Crippen molar-refractivity contribution < 1.29 is 0 Å². The molecule has 0 aliphatic heterocycles. The second kappa shape index (κ2) is 6.72. The average molecular weight is 308 g/mol. The van der Waals surface area contributed by atoms with Gasteiger partial charge in [-0.1, -0.05) is 97.1 Å². The van der Waals surface area contributed by atoms with Crippen LogP contribution in [0.2, 0.25) is 0 Å². The molecule has 0 saturated carbocycles. The molecule has 0 heteroatoms. The van der Waals surface area contributed by atoms with Gasteiger partial charge in [0.1, 0.15) is 0 Å². The number of benzene rings is 2. The van der Waals surface area contributed by atoms with Crippen molar-refractivity contribution in [3.63, 3.8) is 0 Å². The summed E-state index contributed by atoms with van der Waals surface area (Å²) in [5.74, 6) is 0. The molecule has 2 aliphatic rings. The Labute approximate surface area is 143 Å². The smallest absolute Gasteiger partial charge is 0.00910 e. The van der Waals surface area contributed by atoms with Crippen LogP contribution in [0.3, 0.4) is 0 Å². The van der Waals surface area contributed by atoms with Crippen LogP contribution in [0.5, 0.6) is 0 Å². The van der Waals surface area contributed by atoms with Gasteiger partial charge in [-0.3, -0.25) is 0 Å². The zero-order chi connectivity index (χ0) is 16.2. The predicted molar refractivity (Wildman–Crippen MR) is 103 cm³/mol. The SMILES string of the molecule is C1=CC(c2ccccc2)=CC(=C2C=C(c3ccccc3)C=CC2)C1. The molecule has 0 radical (unpaired) electrons. The number of hydrogen-bond donors (Lipinski definition) is 0. The standard InChI is InChI=1S/C24H20/c1-3-9-19(10-4-1)21-13-7-15-23(17-21)24-16-8-14-22(18-24)20-11-5-2-6-12-20/h1-14,17-18H,15-16H2. The average Bonchev–Trinajstić information content (AvgIpc) is 2.70. The van der Waals surface area contributed by atoms with Gasteiger partial charge >= 0.3 is 0 Å². The minimum absolute atomic E-state index is 1.01. The van der Waals surface area contributed by atoms with Gasteiger partial charge in [0.25, 0.3) is 0 Å². The van der Waals surface area contributed by atoms with Crippen molar-refractivity contribution >= 4 is 11.1 Å². The topological polar surface area (TPSA) is 0 Å². The quantitative estimate of drug-likeness (QED) is 0.604. The third-order valence-corrected chi connectivity index (χ3v) is 4.56.